The van der Waals surface area contributed by atoms with E-state index in [1.165, 1.54) is 19.3 Å². The van der Waals surface area contributed by atoms with Crippen LogP contribution in [-0.2, 0) is 6.54 Å². The first-order valence-electron chi connectivity index (χ1n) is 7.71. The fourth-order valence-electron chi connectivity index (χ4n) is 3.68. The van der Waals surface area contributed by atoms with Crippen LogP contribution in [0.5, 0.6) is 0 Å². The second-order valence-electron chi connectivity index (χ2n) is 6.73. The van der Waals surface area contributed by atoms with Gasteiger partial charge in [-0.15, -0.1) is 11.6 Å². The highest BCUT2D eigenvalue weighted by Gasteiger charge is 2.39. The summed E-state index contributed by atoms with van der Waals surface area (Å²) >= 11 is 6.75. The maximum atomic E-state index is 11.8. The number of aromatic nitrogens is 1. The van der Waals surface area contributed by atoms with Crippen LogP contribution in [0.15, 0.2) is 27.4 Å². The largest absolute Gasteiger partial charge is 0.419 e. The Morgan fingerprint density at radius 2 is 2.24 bits per heavy atom. The molecule has 1 aliphatic rings. The summed E-state index contributed by atoms with van der Waals surface area (Å²) in [6.45, 7) is 7.15. The molecule has 114 valence electrons. The number of nitrogens with zero attached hydrogens (tertiary/aromatic N) is 1. The van der Waals surface area contributed by atoms with Crippen LogP contribution < -0.4 is 5.76 Å². The van der Waals surface area contributed by atoms with Gasteiger partial charge in [-0.05, 0) is 48.8 Å². The van der Waals surface area contributed by atoms with Crippen LogP contribution in [0.4, 0.5) is 0 Å². The molecular weight excluding hydrogens is 286 g/mol. The molecule has 1 aliphatic carbocycles. The van der Waals surface area contributed by atoms with Crippen molar-refractivity contribution in [2.24, 2.45) is 11.3 Å². The monoisotopic (exact) mass is 307 g/mol. The fraction of sp³-hybridized carbons (Fsp3) is 0.588. The van der Waals surface area contributed by atoms with Crippen molar-refractivity contribution in [3.8, 4) is 0 Å². The van der Waals surface area contributed by atoms with Crippen LogP contribution in [0.2, 0.25) is 0 Å². The number of benzene rings is 1. The van der Waals surface area contributed by atoms with Gasteiger partial charge in [0, 0.05) is 6.54 Å². The third kappa shape index (κ3) is 2.42. The summed E-state index contributed by atoms with van der Waals surface area (Å²) in [5, 5.41) is -0.0258. The summed E-state index contributed by atoms with van der Waals surface area (Å²) in [6, 6.07) is 5.93. The van der Waals surface area contributed by atoms with E-state index in [-0.39, 0.29) is 16.5 Å². The zero-order valence-electron chi connectivity index (χ0n) is 12.9. The molecule has 2 unspecified atom stereocenters. The van der Waals surface area contributed by atoms with E-state index in [4.69, 9.17) is 16.0 Å². The van der Waals surface area contributed by atoms with Gasteiger partial charge in [0.1, 0.15) is 0 Å². The van der Waals surface area contributed by atoms with Crippen molar-refractivity contribution in [1.29, 1.82) is 0 Å². The Bertz CT molecular complexity index is 713. The molecule has 0 N–H and O–H groups in total. The molecule has 1 heterocycles. The molecule has 0 saturated heterocycles. The SMILES string of the molecule is CCn1c(=O)oc2cc(C(Cl)C3CCCC3(C)C)ccc21. The number of alkyl halides is 1. The average Bonchev–Trinajstić information content (AvgIpc) is 2.95. The zero-order chi connectivity index (χ0) is 15.2. The molecule has 0 radical (unpaired) electrons. The third-order valence-electron chi connectivity index (χ3n) is 5.02. The van der Waals surface area contributed by atoms with Crippen molar-refractivity contribution < 1.29 is 4.42 Å². The van der Waals surface area contributed by atoms with Gasteiger partial charge in [0.25, 0.3) is 0 Å². The molecule has 4 heteroatoms. The first-order chi connectivity index (χ1) is 9.94. The van der Waals surface area contributed by atoms with E-state index < -0.39 is 0 Å². The second kappa shape index (κ2) is 5.20. The van der Waals surface area contributed by atoms with Gasteiger partial charge in [-0.25, -0.2) is 4.79 Å². The van der Waals surface area contributed by atoms with E-state index in [1.807, 2.05) is 25.1 Å². The first-order valence-corrected chi connectivity index (χ1v) is 8.15. The van der Waals surface area contributed by atoms with Gasteiger partial charge < -0.3 is 4.42 Å². The smallest absolute Gasteiger partial charge is 0.408 e. The van der Waals surface area contributed by atoms with Crippen molar-refractivity contribution in [3.05, 3.63) is 34.3 Å². The molecular formula is C17H22ClNO2. The van der Waals surface area contributed by atoms with Gasteiger partial charge in [-0.1, -0.05) is 26.3 Å². The molecule has 1 aromatic heterocycles. The van der Waals surface area contributed by atoms with Crippen LogP contribution in [0.25, 0.3) is 11.1 Å². The quantitative estimate of drug-likeness (QED) is 0.769. The minimum atomic E-state index is -0.294. The van der Waals surface area contributed by atoms with E-state index in [2.05, 4.69) is 13.8 Å². The summed E-state index contributed by atoms with van der Waals surface area (Å²) in [7, 11) is 0. The summed E-state index contributed by atoms with van der Waals surface area (Å²) in [5.74, 6) is 0.175. The molecule has 0 aliphatic heterocycles. The molecule has 3 rings (SSSR count). The number of halogens is 1. The minimum Gasteiger partial charge on any atom is -0.408 e. The van der Waals surface area contributed by atoms with Crippen molar-refractivity contribution in [1.82, 2.24) is 4.57 Å². The first kappa shape index (κ1) is 14.7. The molecule has 3 nitrogen and oxygen atoms in total. The van der Waals surface area contributed by atoms with E-state index in [1.54, 1.807) is 4.57 Å². The Morgan fingerprint density at radius 3 is 2.86 bits per heavy atom. The number of oxazole rings is 1. The summed E-state index contributed by atoms with van der Waals surface area (Å²) in [6.07, 6.45) is 3.63. The molecule has 1 saturated carbocycles. The predicted octanol–water partition coefficient (Wildman–Crippen LogP) is 4.72. The lowest BCUT2D eigenvalue weighted by atomic mass is 9.78. The molecule has 1 aromatic carbocycles. The maximum absolute atomic E-state index is 11.8. The predicted molar refractivity (Wildman–Crippen MR) is 85.9 cm³/mol. The Labute approximate surface area is 129 Å². The van der Waals surface area contributed by atoms with Gasteiger partial charge in [-0.2, -0.15) is 0 Å². The normalized spacial score (nSPS) is 22.8. The van der Waals surface area contributed by atoms with Crippen LogP contribution in [0.1, 0.15) is 51.0 Å². The van der Waals surface area contributed by atoms with Gasteiger partial charge in [-0.3, -0.25) is 4.57 Å². The molecule has 0 bridgehead atoms. The molecule has 0 amide bonds. The summed E-state index contributed by atoms with van der Waals surface area (Å²) < 4.78 is 6.98. The highest BCUT2D eigenvalue weighted by atomic mass is 35.5. The Kier molecular flexibility index (Phi) is 3.64. The molecule has 21 heavy (non-hydrogen) atoms. The van der Waals surface area contributed by atoms with Crippen LogP contribution in [0.3, 0.4) is 0 Å². The van der Waals surface area contributed by atoms with Crippen molar-refractivity contribution >= 4 is 22.7 Å². The van der Waals surface area contributed by atoms with Crippen molar-refractivity contribution in [3.63, 3.8) is 0 Å². The van der Waals surface area contributed by atoms with Crippen molar-refractivity contribution in [2.75, 3.05) is 0 Å². The highest BCUT2D eigenvalue weighted by molar-refractivity contribution is 6.21. The van der Waals surface area contributed by atoms with Gasteiger partial charge in [0.05, 0.1) is 10.9 Å². The van der Waals surface area contributed by atoms with E-state index in [9.17, 15) is 4.79 Å². The standard InChI is InChI=1S/C17H22ClNO2/c1-4-19-13-8-7-11(10-14(13)21-16(19)20)15(18)12-6-5-9-17(12,2)3/h7-8,10,12,15H,4-6,9H2,1-3H3. The number of fused-ring (bicyclic) bond motifs is 1. The Balaban J connectivity index is 1.99. The third-order valence-corrected chi connectivity index (χ3v) is 5.58. The lowest BCUT2D eigenvalue weighted by Gasteiger charge is -2.31. The zero-order valence-corrected chi connectivity index (χ0v) is 13.6. The number of aryl methyl sites for hydroxylation is 1. The van der Waals surface area contributed by atoms with E-state index in [0.717, 1.165) is 11.1 Å². The van der Waals surface area contributed by atoms with Crippen LogP contribution >= 0.6 is 11.6 Å². The molecule has 0 spiro atoms. The van der Waals surface area contributed by atoms with Crippen molar-refractivity contribution in [2.45, 2.75) is 52.0 Å². The van der Waals surface area contributed by atoms with E-state index >= 15 is 0 Å². The fourth-order valence-corrected chi connectivity index (χ4v) is 4.29. The van der Waals surface area contributed by atoms with Crippen LogP contribution in [0, 0.1) is 11.3 Å². The topological polar surface area (TPSA) is 35.1 Å². The number of rotatable bonds is 3. The van der Waals surface area contributed by atoms with Gasteiger partial charge >= 0.3 is 5.76 Å². The lowest BCUT2D eigenvalue weighted by Crippen LogP contribution is -2.21. The molecule has 2 aromatic rings. The number of hydrogen-bond acceptors (Lipinski definition) is 2. The minimum absolute atomic E-state index is 0.0258. The Hall–Kier alpha value is -1.22. The maximum Gasteiger partial charge on any atom is 0.419 e. The molecule has 2 atom stereocenters. The Morgan fingerprint density at radius 1 is 1.48 bits per heavy atom. The van der Waals surface area contributed by atoms with Crippen LogP contribution in [-0.4, -0.2) is 4.57 Å². The highest BCUT2D eigenvalue weighted by Crippen LogP contribution is 2.51. The second-order valence-corrected chi connectivity index (χ2v) is 7.20. The summed E-state index contributed by atoms with van der Waals surface area (Å²) in [5.41, 5.74) is 2.82. The van der Waals surface area contributed by atoms with Gasteiger partial charge in [0.2, 0.25) is 0 Å². The summed E-state index contributed by atoms with van der Waals surface area (Å²) in [4.78, 5) is 11.8. The number of hydrogen-bond donors (Lipinski definition) is 0. The molecule has 1 fully saturated rings. The average molecular weight is 308 g/mol. The van der Waals surface area contributed by atoms with Gasteiger partial charge in [0.15, 0.2) is 5.58 Å². The lowest BCUT2D eigenvalue weighted by molar-refractivity contribution is 0.252. The van der Waals surface area contributed by atoms with E-state index in [0.29, 0.717) is 18.0 Å².